The minimum atomic E-state index is 0.0388. The maximum absolute atomic E-state index is 12.6. The molecular weight excluding hydrogens is 388 g/mol. The highest BCUT2D eigenvalue weighted by Gasteiger charge is 2.25. The Bertz CT molecular complexity index is 936. The van der Waals surface area contributed by atoms with E-state index in [9.17, 15) is 4.79 Å². The lowest BCUT2D eigenvalue weighted by atomic mass is 9.95. The van der Waals surface area contributed by atoms with E-state index in [2.05, 4.69) is 31.3 Å². The number of piperidine rings is 1. The number of halogens is 1. The topological polar surface area (TPSA) is 75.9 Å². The normalized spacial score (nSPS) is 14.7. The molecule has 0 bridgehead atoms. The number of hydrogen-bond donors (Lipinski definition) is 1. The number of nitrogens with one attached hydrogen (secondary N) is 1. The van der Waals surface area contributed by atoms with E-state index in [1.165, 1.54) is 6.33 Å². The van der Waals surface area contributed by atoms with Gasteiger partial charge in [0, 0.05) is 31.7 Å². The molecule has 1 fully saturated rings. The van der Waals surface area contributed by atoms with E-state index in [0.29, 0.717) is 18.1 Å². The van der Waals surface area contributed by atoms with Crippen LogP contribution in [0.2, 0.25) is 5.02 Å². The van der Waals surface area contributed by atoms with Crippen molar-refractivity contribution in [2.24, 2.45) is 5.92 Å². The fraction of sp³-hybridized carbons (Fsp3) is 0.333. The number of benzene rings is 1. The van der Waals surface area contributed by atoms with Crippen molar-refractivity contribution in [1.29, 1.82) is 0 Å². The summed E-state index contributed by atoms with van der Waals surface area (Å²) in [6.07, 6.45) is 6.52. The molecule has 0 saturated carbocycles. The first-order chi connectivity index (χ1) is 14.2. The molecule has 0 atom stereocenters. The molecule has 3 heterocycles. The van der Waals surface area contributed by atoms with Crippen LogP contribution in [0.5, 0.6) is 0 Å². The van der Waals surface area contributed by atoms with E-state index in [1.54, 1.807) is 17.2 Å². The highest BCUT2D eigenvalue weighted by atomic mass is 35.5. The van der Waals surface area contributed by atoms with E-state index in [1.807, 2.05) is 30.3 Å². The molecular formula is C21H23ClN6O. The summed E-state index contributed by atoms with van der Waals surface area (Å²) >= 11 is 5.90. The second-order valence-corrected chi connectivity index (χ2v) is 7.66. The SMILES string of the molecule is O=C(NCc1cccc(Cn2cncn2)c1)C1CCN(c2ccc(Cl)cn2)CC1. The Morgan fingerprint density at radius 1 is 1.17 bits per heavy atom. The number of carbonyl (C=O) groups excluding carboxylic acids is 1. The van der Waals surface area contributed by atoms with Crippen LogP contribution in [0.1, 0.15) is 24.0 Å². The zero-order valence-electron chi connectivity index (χ0n) is 16.0. The Kier molecular flexibility index (Phi) is 6.05. The van der Waals surface area contributed by atoms with Gasteiger partial charge in [-0.05, 0) is 36.1 Å². The number of rotatable bonds is 6. The van der Waals surface area contributed by atoms with Crippen molar-refractivity contribution >= 4 is 23.3 Å². The van der Waals surface area contributed by atoms with Crippen LogP contribution in [0.15, 0.2) is 55.2 Å². The summed E-state index contributed by atoms with van der Waals surface area (Å²) in [7, 11) is 0. The van der Waals surface area contributed by atoms with Crippen LogP contribution < -0.4 is 10.2 Å². The molecule has 1 saturated heterocycles. The molecule has 3 aromatic rings. The summed E-state index contributed by atoms with van der Waals surface area (Å²) in [5.74, 6) is 1.07. The lowest BCUT2D eigenvalue weighted by Gasteiger charge is -2.32. The Labute approximate surface area is 174 Å². The number of anilines is 1. The molecule has 0 radical (unpaired) electrons. The standard InChI is InChI=1S/C21H23ClN6O/c22-19-4-5-20(24-12-19)27-8-6-18(7-9-27)21(29)25-11-16-2-1-3-17(10-16)13-28-15-23-14-26-28/h1-5,10,12,14-15,18H,6-9,11,13H2,(H,25,29). The first-order valence-corrected chi connectivity index (χ1v) is 10.1. The molecule has 8 heteroatoms. The zero-order chi connectivity index (χ0) is 20.1. The molecule has 29 heavy (non-hydrogen) atoms. The van der Waals surface area contributed by atoms with Crippen molar-refractivity contribution < 1.29 is 4.79 Å². The van der Waals surface area contributed by atoms with Crippen LogP contribution in [0.3, 0.4) is 0 Å². The quantitative estimate of drug-likeness (QED) is 0.676. The number of amides is 1. The third-order valence-corrected chi connectivity index (χ3v) is 5.39. The number of nitrogens with zero attached hydrogens (tertiary/aromatic N) is 5. The van der Waals surface area contributed by atoms with Crippen molar-refractivity contribution in [1.82, 2.24) is 25.1 Å². The molecule has 2 aromatic heterocycles. The molecule has 1 aliphatic heterocycles. The average molecular weight is 411 g/mol. The number of pyridine rings is 1. The highest BCUT2D eigenvalue weighted by Crippen LogP contribution is 2.23. The van der Waals surface area contributed by atoms with Crippen LogP contribution in [-0.4, -0.2) is 38.7 Å². The molecule has 0 aliphatic carbocycles. The molecule has 1 aliphatic rings. The van der Waals surface area contributed by atoms with Crippen molar-refractivity contribution in [2.45, 2.75) is 25.9 Å². The molecule has 0 spiro atoms. The number of carbonyl (C=O) groups is 1. The van der Waals surface area contributed by atoms with Crippen molar-refractivity contribution in [3.05, 3.63) is 71.4 Å². The fourth-order valence-electron chi connectivity index (χ4n) is 3.60. The summed E-state index contributed by atoms with van der Waals surface area (Å²) in [4.78, 5) is 23.1. The molecule has 150 valence electrons. The first kappa shape index (κ1) is 19.4. The fourth-order valence-corrected chi connectivity index (χ4v) is 3.71. The predicted molar refractivity (Wildman–Crippen MR) is 112 cm³/mol. The molecule has 4 rings (SSSR count). The smallest absolute Gasteiger partial charge is 0.223 e. The number of hydrogen-bond acceptors (Lipinski definition) is 5. The van der Waals surface area contributed by atoms with Gasteiger partial charge in [-0.3, -0.25) is 4.79 Å². The Balaban J connectivity index is 1.26. The molecule has 1 amide bonds. The van der Waals surface area contributed by atoms with Gasteiger partial charge in [0.05, 0.1) is 11.6 Å². The third-order valence-electron chi connectivity index (χ3n) is 5.17. The highest BCUT2D eigenvalue weighted by molar-refractivity contribution is 6.30. The van der Waals surface area contributed by atoms with Crippen LogP contribution >= 0.6 is 11.6 Å². The minimum Gasteiger partial charge on any atom is -0.357 e. The van der Waals surface area contributed by atoms with Gasteiger partial charge in [0.1, 0.15) is 18.5 Å². The second kappa shape index (κ2) is 9.05. The van der Waals surface area contributed by atoms with Gasteiger partial charge in [-0.2, -0.15) is 5.10 Å². The lowest BCUT2D eigenvalue weighted by molar-refractivity contribution is -0.125. The van der Waals surface area contributed by atoms with Crippen molar-refractivity contribution in [2.75, 3.05) is 18.0 Å². The van der Waals surface area contributed by atoms with Crippen LogP contribution in [0.25, 0.3) is 0 Å². The second-order valence-electron chi connectivity index (χ2n) is 7.23. The number of aromatic nitrogens is 4. The maximum Gasteiger partial charge on any atom is 0.223 e. The van der Waals surface area contributed by atoms with Crippen molar-refractivity contribution in [3.63, 3.8) is 0 Å². The van der Waals surface area contributed by atoms with E-state index in [0.717, 1.165) is 42.9 Å². The minimum absolute atomic E-state index is 0.0388. The molecule has 7 nitrogen and oxygen atoms in total. The largest absolute Gasteiger partial charge is 0.357 e. The van der Waals surface area contributed by atoms with Gasteiger partial charge >= 0.3 is 0 Å². The summed E-state index contributed by atoms with van der Waals surface area (Å²) in [5.41, 5.74) is 2.21. The summed E-state index contributed by atoms with van der Waals surface area (Å²) in [5, 5.41) is 7.85. The maximum atomic E-state index is 12.6. The third kappa shape index (κ3) is 5.12. The van der Waals surface area contributed by atoms with Gasteiger partial charge in [0.15, 0.2) is 0 Å². The van der Waals surface area contributed by atoms with Crippen molar-refractivity contribution in [3.8, 4) is 0 Å². The monoisotopic (exact) mass is 410 g/mol. The van der Waals surface area contributed by atoms with Crippen LogP contribution in [0.4, 0.5) is 5.82 Å². The molecule has 0 unspecified atom stereocenters. The van der Waals surface area contributed by atoms with Gasteiger partial charge in [0.2, 0.25) is 5.91 Å². The van der Waals surface area contributed by atoms with Crippen LogP contribution in [-0.2, 0) is 17.9 Å². The van der Waals surface area contributed by atoms with Gasteiger partial charge in [-0.1, -0.05) is 35.9 Å². The van der Waals surface area contributed by atoms with E-state index in [-0.39, 0.29) is 11.8 Å². The van der Waals surface area contributed by atoms with Gasteiger partial charge in [-0.25, -0.2) is 14.6 Å². The summed E-state index contributed by atoms with van der Waals surface area (Å²) in [6.45, 7) is 2.84. The molecule has 1 N–H and O–H groups in total. The summed E-state index contributed by atoms with van der Waals surface area (Å²) in [6, 6.07) is 11.9. The van der Waals surface area contributed by atoms with Crippen LogP contribution in [0, 0.1) is 5.92 Å². The van der Waals surface area contributed by atoms with Gasteiger partial charge in [0.25, 0.3) is 0 Å². The Morgan fingerprint density at radius 3 is 2.72 bits per heavy atom. The van der Waals surface area contributed by atoms with E-state index in [4.69, 9.17) is 11.6 Å². The van der Waals surface area contributed by atoms with Gasteiger partial charge < -0.3 is 10.2 Å². The predicted octanol–water partition coefficient (Wildman–Crippen LogP) is 2.91. The summed E-state index contributed by atoms with van der Waals surface area (Å²) < 4.78 is 1.78. The average Bonchev–Trinajstić information content (AvgIpc) is 3.26. The Morgan fingerprint density at radius 2 is 2.00 bits per heavy atom. The van der Waals surface area contributed by atoms with Gasteiger partial charge in [-0.15, -0.1) is 0 Å². The van der Waals surface area contributed by atoms with E-state index < -0.39 is 0 Å². The van der Waals surface area contributed by atoms with E-state index >= 15 is 0 Å². The Hall–Kier alpha value is -2.93. The first-order valence-electron chi connectivity index (χ1n) is 9.72. The zero-order valence-corrected chi connectivity index (χ0v) is 16.8. The lowest BCUT2D eigenvalue weighted by Crippen LogP contribution is -2.40. The molecule has 1 aromatic carbocycles.